The molecular weight excluding hydrogens is 322 g/mol. The summed E-state index contributed by atoms with van der Waals surface area (Å²) in [5.74, 6) is 0.871. The van der Waals surface area contributed by atoms with Gasteiger partial charge in [0.05, 0.1) is 16.4 Å². The molecule has 0 fully saturated rings. The van der Waals surface area contributed by atoms with Crippen molar-refractivity contribution in [1.29, 1.82) is 0 Å². The Hall–Kier alpha value is -1.56. The lowest BCUT2D eigenvalue weighted by atomic mass is 9.93. The van der Waals surface area contributed by atoms with Crippen LogP contribution in [0.25, 0.3) is 0 Å². The summed E-state index contributed by atoms with van der Waals surface area (Å²) < 4.78 is 30.8. The van der Waals surface area contributed by atoms with Crippen LogP contribution in [0, 0.1) is 0 Å². The predicted octanol–water partition coefficient (Wildman–Crippen LogP) is 2.77. The zero-order valence-corrected chi connectivity index (χ0v) is 13.6. The first kappa shape index (κ1) is 16.8. The molecule has 4 nitrogen and oxygen atoms in total. The van der Waals surface area contributed by atoms with Gasteiger partial charge >= 0.3 is 0 Å². The summed E-state index contributed by atoms with van der Waals surface area (Å²) in [6.07, 6.45) is 0.869. The molecule has 1 unspecified atom stereocenters. The van der Waals surface area contributed by atoms with Gasteiger partial charge in [0.2, 0.25) is 9.84 Å². The third-order valence-electron chi connectivity index (χ3n) is 3.80. The van der Waals surface area contributed by atoms with Crippen molar-refractivity contribution in [1.82, 2.24) is 0 Å². The lowest BCUT2D eigenvalue weighted by Crippen LogP contribution is -2.21. The topological polar surface area (TPSA) is 69.4 Å². The van der Waals surface area contributed by atoms with E-state index >= 15 is 0 Å². The summed E-state index contributed by atoms with van der Waals surface area (Å²) in [5, 5.41) is 0. The minimum Gasteiger partial charge on any atom is -0.493 e. The van der Waals surface area contributed by atoms with Crippen LogP contribution >= 0.6 is 12.4 Å². The first-order valence-electron chi connectivity index (χ1n) is 6.90. The van der Waals surface area contributed by atoms with Gasteiger partial charge in [-0.2, -0.15) is 0 Å². The monoisotopic (exact) mass is 339 g/mol. The van der Waals surface area contributed by atoms with Crippen molar-refractivity contribution >= 4 is 22.2 Å². The first-order valence-corrected chi connectivity index (χ1v) is 8.38. The number of halogens is 1. The number of hydrogen-bond donors (Lipinski definition) is 1. The molecule has 0 saturated heterocycles. The molecule has 118 valence electrons. The van der Waals surface area contributed by atoms with Crippen LogP contribution in [0.1, 0.15) is 17.9 Å². The zero-order valence-electron chi connectivity index (χ0n) is 11.9. The quantitative estimate of drug-likeness (QED) is 0.933. The molecule has 0 spiro atoms. The van der Waals surface area contributed by atoms with Gasteiger partial charge < -0.3 is 10.5 Å². The summed E-state index contributed by atoms with van der Waals surface area (Å²) in [5.41, 5.74) is 6.76. The molecule has 2 aromatic rings. The van der Waals surface area contributed by atoms with Crippen molar-refractivity contribution in [3.05, 3.63) is 54.1 Å². The third kappa shape index (κ3) is 2.97. The Balaban J connectivity index is 0.00000176. The van der Waals surface area contributed by atoms with E-state index in [0.717, 1.165) is 12.0 Å². The van der Waals surface area contributed by atoms with E-state index in [1.54, 1.807) is 42.5 Å². The number of benzene rings is 2. The smallest absolute Gasteiger partial charge is 0.206 e. The van der Waals surface area contributed by atoms with Crippen molar-refractivity contribution < 1.29 is 13.2 Å². The molecule has 1 aliphatic heterocycles. The average molecular weight is 340 g/mol. The molecule has 0 aliphatic carbocycles. The van der Waals surface area contributed by atoms with Crippen molar-refractivity contribution in [3.63, 3.8) is 0 Å². The molecule has 6 heteroatoms. The molecule has 0 aromatic heterocycles. The standard InChI is InChI=1S/C16H17NO3S.ClH/c17-11-12-8-9-20-16-10-14(6-7-15(12)16)21(18,19)13-4-2-1-3-5-13;/h1-7,10,12H,8-9,11,17H2;1H. The Morgan fingerprint density at radius 1 is 1.09 bits per heavy atom. The average Bonchev–Trinajstić information content (AvgIpc) is 2.54. The Morgan fingerprint density at radius 3 is 2.50 bits per heavy atom. The molecule has 3 rings (SSSR count). The fraction of sp³-hybridized carbons (Fsp3) is 0.250. The van der Waals surface area contributed by atoms with Crippen LogP contribution < -0.4 is 10.5 Å². The summed E-state index contributed by atoms with van der Waals surface area (Å²) in [6, 6.07) is 13.5. The van der Waals surface area contributed by atoms with Crippen molar-refractivity contribution in [2.24, 2.45) is 5.73 Å². The Morgan fingerprint density at radius 2 is 1.82 bits per heavy atom. The van der Waals surface area contributed by atoms with E-state index in [-0.39, 0.29) is 28.1 Å². The second kappa shape index (κ2) is 6.69. The second-order valence-corrected chi connectivity index (χ2v) is 7.04. The Kier molecular flexibility index (Phi) is 5.11. The van der Waals surface area contributed by atoms with E-state index in [4.69, 9.17) is 10.5 Å². The first-order chi connectivity index (χ1) is 10.1. The second-order valence-electron chi connectivity index (χ2n) is 5.09. The Bertz CT molecular complexity index is 747. The van der Waals surface area contributed by atoms with Crippen molar-refractivity contribution in [2.45, 2.75) is 22.1 Å². The molecule has 1 aliphatic rings. The largest absolute Gasteiger partial charge is 0.493 e. The summed E-state index contributed by atoms with van der Waals surface area (Å²) in [6.45, 7) is 1.12. The minimum atomic E-state index is -3.51. The van der Waals surface area contributed by atoms with Crippen LogP contribution in [0.5, 0.6) is 5.75 Å². The van der Waals surface area contributed by atoms with Crippen LogP contribution in [0.15, 0.2) is 58.3 Å². The summed E-state index contributed by atoms with van der Waals surface area (Å²) in [4.78, 5) is 0.543. The Labute approximate surface area is 136 Å². The molecule has 0 radical (unpaired) electrons. The highest BCUT2D eigenvalue weighted by molar-refractivity contribution is 7.91. The van der Waals surface area contributed by atoms with E-state index in [1.807, 2.05) is 6.07 Å². The highest BCUT2D eigenvalue weighted by Crippen LogP contribution is 2.35. The van der Waals surface area contributed by atoms with E-state index < -0.39 is 9.84 Å². The third-order valence-corrected chi connectivity index (χ3v) is 5.56. The number of sulfone groups is 1. The van der Waals surface area contributed by atoms with Gasteiger partial charge in [-0.1, -0.05) is 24.3 Å². The van der Waals surface area contributed by atoms with E-state index in [9.17, 15) is 8.42 Å². The van der Waals surface area contributed by atoms with Crippen molar-refractivity contribution in [3.8, 4) is 5.75 Å². The number of hydrogen-bond acceptors (Lipinski definition) is 4. The zero-order chi connectivity index (χ0) is 14.9. The van der Waals surface area contributed by atoms with Gasteiger partial charge in [-0.3, -0.25) is 0 Å². The normalized spacial score (nSPS) is 17.0. The predicted molar refractivity (Wildman–Crippen MR) is 87.5 cm³/mol. The molecule has 1 heterocycles. The molecule has 1 atom stereocenters. The van der Waals surface area contributed by atoms with E-state index in [1.165, 1.54) is 0 Å². The molecule has 0 saturated carbocycles. The minimum absolute atomic E-state index is 0. The SMILES string of the molecule is Cl.NCC1CCOc2cc(S(=O)(=O)c3ccccc3)ccc21. The summed E-state index contributed by atoms with van der Waals surface area (Å²) >= 11 is 0. The van der Waals surface area contributed by atoms with Gasteiger partial charge in [0.25, 0.3) is 0 Å². The number of fused-ring (bicyclic) bond motifs is 1. The fourth-order valence-electron chi connectivity index (χ4n) is 2.59. The van der Waals surface area contributed by atoms with Crippen LogP contribution in [-0.4, -0.2) is 21.6 Å². The number of ether oxygens (including phenoxy) is 1. The van der Waals surface area contributed by atoms with Crippen LogP contribution in [0.4, 0.5) is 0 Å². The molecule has 0 bridgehead atoms. The molecule has 22 heavy (non-hydrogen) atoms. The van der Waals surface area contributed by atoms with Crippen LogP contribution in [-0.2, 0) is 9.84 Å². The van der Waals surface area contributed by atoms with Crippen LogP contribution in [0.3, 0.4) is 0 Å². The molecular formula is C16H18ClNO3S. The number of nitrogens with two attached hydrogens (primary N) is 1. The van der Waals surface area contributed by atoms with E-state index in [0.29, 0.717) is 18.9 Å². The van der Waals surface area contributed by atoms with Gasteiger partial charge in [-0.25, -0.2) is 8.42 Å². The lowest BCUT2D eigenvalue weighted by molar-refractivity contribution is 0.268. The maximum atomic E-state index is 12.6. The maximum absolute atomic E-state index is 12.6. The molecule has 2 N–H and O–H groups in total. The van der Waals surface area contributed by atoms with Gasteiger partial charge in [0.1, 0.15) is 5.75 Å². The fourth-order valence-corrected chi connectivity index (χ4v) is 3.89. The highest BCUT2D eigenvalue weighted by Gasteiger charge is 2.24. The van der Waals surface area contributed by atoms with Gasteiger partial charge in [-0.15, -0.1) is 12.4 Å². The van der Waals surface area contributed by atoms with E-state index in [2.05, 4.69) is 0 Å². The van der Waals surface area contributed by atoms with Gasteiger partial charge in [0, 0.05) is 5.92 Å². The van der Waals surface area contributed by atoms with Crippen LogP contribution in [0.2, 0.25) is 0 Å². The van der Waals surface area contributed by atoms with Gasteiger partial charge in [-0.05, 0) is 42.8 Å². The van der Waals surface area contributed by atoms with Crippen molar-refractivity contribution in [2.75, 3.05) is 13.2 Å². The number of rotatable bonds is 3. The maximum Gasteiger partial charge on any atom is 0.206 e. The molecule has 2 aromatic carbocycles. The lowest BCUT2D eigenvalue weighted by Gasteiger charge is -2.25. The summed E-state index contributed by atoms with van der Waals surface area (Å²) in [7, 11) is -3.51. The molecule has 0 amide bonds. The highest BCUT2D eigenvalue weighted by atomic mass is 35.5. The van der Waals surface area contributed by atoms with Gasteiger partial charge in [0.15, 0.2) is 0 Å².